The van der Waals surface area contributed by atoms with Gasteiger partial charge in [-0.2, -0.15) is 13.2 Å². The van der Waals surface area contributed by atoms with E-state index in [1.165, 1.54) is 19.2 Å². The van der Waals surface area contributed by atoms with Gasteiger partial charge in [-0.1, -0.05) is 42.5 Å². The summed E-state index contributed by atoms with van der Waals surface area (Å²) in [6.07, 6.45) is -2.61. The molecule has 0 saturated carbocycles. The lowest BCUT2D eigenvalue weighted by atomic mass is 9.89. The Morgan fingerprint density at radius 3 is 2.61 bits per heavy atom. The third-order valence-electron chi connectivity index (χ3n) is 5.49. The number of ether oxygens (including phenoxy) is 3. The molecule has 1 saturated heterocycles. The summed E-state index contributed by atoms with van der Waals surface area (Å²) >= 11 is 0. The second-order valence-corrected chi connectivity index (χ2v) is 7.51. The van der Waals surface area contributed by atoms with E-state index in [-0.39, 0.29) is 24.4 Å². The molecule has 5 nitrogen and oxygen atoms in total. The van der Waals surface area contributed by atoms with Gasteiger partial charge in [0.05, 0.1) is 38.0 Å². The van der Waals surface area contributed by atoms with Crippen LogP contribution >= 0.6 is 0 Å². The van der Waals surface area contributed by atoms with E-state index >= 15 is 0 Å². The Kier molecular flexibility index (Phi) is 5.91. The van der Waals surface area contributed by atoms with Crippen LogP contribution in [0, 0.1) is 0 Å². The number of benzene rings is 2. The van der Waals surface area contributed by atoms with Crippen molar-refractivity contribution in [1.29, 1.82) is 0 Å². The highest BCUT2D eigenvalue weighted by molar-refractivity contribution is 5.75. The predicted octanol–water partition coefficient (Wildman–Crippen LogP) is 4.91. The smallest absolute Gasteiger partial charge is 0.419 e. The SMILES string of the molecule is COc1cc(C2=CC3COCC(C2)N3C(=O)OCc2ccccc2)ccc1C(F)(F)F. The average Bonchev–Trinajstić information content (AvgIpc) is 2.76. The van der Waals surface area contributed by atoms with Crippen LogP contribution in [0.25, 0.3) is 5.57 Å². The van der Waals surface area contributed by atoms with Crippen LogP contribution in [-0.4, -0.2) is 43.4 Å². The van der Waals surface area contributed by atoms with Crippen LogP contribution in [0.4, 0.5) is 18.0 Å². The fourth-order valence-corrected chi connectivity index (χ4v) is 4.01. The van der Waals surface area contributed by atoms with Gasteiger partial charge in [-0.25, -0.2) is 4.79 Å². The van der Waals surface area contributed by atoms with Gasteiger partial charge in [-0.15, -0.1) is 0 Å². The Morgan fingerprint density at radius 2 is 1.94 bits per heavy atom. The van der Waals surface area contributed by atoms with Gasteiger partial charge in [0, 0.05) is 0 Å². The molecule has 164 valence electrons. The van der Waals surface area contributed by atoms with Gasteiger partial charge in [0.2, 0.25) is 0 Å². The van der Waals surface area contributed by atoms with Gasteiger partial charge in [-0.05, 0) is 35.3 Å². The van der Waals surface area contributed by atoms with Crippen molar-refractivity contribution in [1.82, 2.24) is 4.90 Å². The van der Waals surface area contributed by atoms with Crippen LogP contribution < -0.4 is 4.74 Å². The molecule has 0 aliphatic carbocycles. The van der Waals surface area contributed by atoms with Crippen LogP contribution in [0.15, 0.2) is 54.6 Å². The lowest BCUT2D eigenvalue weighted by Gasteiger charge is -2.43. The summed E-state index contributed by atoms with van der Waals surface area (Å²) in [5.74, 6) is -0.225. The Bertz CT molecular complexity index is 975. The number of carbonyl (C=O) groups is 1. The quantitative estimate of drug-likeness (QED) is 0.688. The molecule has 2 heterocycles. The minimum atomic E-state index is -4.49. The van der Waals surface area contributed by atoms with Gasteiger partial charge in [0.15, 0.2) is 0 Å². The van der Waals surface area contributed by atoms with Crippen molar-refractivity contribution in [2.45, 2.75) is 31.3 Å². The maximum atomic E-state index is 13.2. The zero-order chi connectivity index (χ0) is 22.0. The van der Waals surface area contributed by atoms with Crippen molar-refractivity contribution < 1.29 is 32.2 Å². The van der Waals surface area contributed by atoms with Crippen molar-refractivity contribution in [2.75, 3.05) is 20.3 Å². The first kappa shape index (κ1) is 21.2. The second-order valence-electron chi connectivity index (χ2n) is 7.51. The van der Waals surface area contributed by atoms with Crippen molar-refractivity contribution >= 4 is 11.7 Å². The van der Waals surface area contributed by atoms with Gasteiger partial charge < -0.3 is 14.2 Å². The maximum Gasteiger partial charge on any atom is 0.419 e. The number of rotatable bonds is 4. The minimum absolute atomic E-state index is 0.170. The number of halogens is 3. The Balaban J connectivity index is 1.54. The fraction of sp³-hybridized carbons (Fsp3) is 0.348. The van der Waals surface area contributed by atoms with E-state index in [2.05, 4.69) is 0 Å². The molecule has 2 aliphatic rings. The molecule has 1 fully saturated rings. The maximum absolute atomic E-state index is 13.2. The fourth-order valence-electron chi connectivity index (χ4n) is 4.01. The Labute approximate surface area is 178 Å². The Morgan fingerprint density at radius 1 is 1.16 bits per heavy atom. The number of amides is 1. The molecule has 2 bridgehead atoms. The van der Waals surface area contributed by atoms with Crippen molar-refractivity contribution in [3.05, 3.63) is 71.3 Å². The highest BCUT2D eigenvalue weighted by Gasteiger charge is 2.40. The van der Waals surface area contributed by atoms with Crippen LogP contribution in [0.2, 0.25) is 0 Å². The predicted molar refractivity (Wildman–Crippen MR) is 107 cm³/mol. The topological polar surface area (TPSA) is 48.0 Å². The number of carbonyl (C=O) groups excluding carboxylic acids is 1. The number of nitrogens with zero attached hydrogens (tertiary/aromatic N) is 1. The summed E-state index contributed by atoms with van der Waals surface area (Å²) in [5, 5.41) is 0. The average molecular weight is 433 g/mol. The number of alkyl halides is 3. The molecule has 1 amide bonds. The zero-order valence-electron chi connectivity index (χ0n) is 16.9. The molecule has 8 heteroatoms. The van der Waals surface area contributed by atoms with Gasteiger partial charge in [0.25, 0.3) is 0 Å². The Hall–Kier alpha value is -3.00. The molecule has 2 atom stereocenters. The largest absolute Gasteiger partial charge is 0.496 e. The normalized spacial score (nSPS) is 20.8. The van der Waals surface area contributed by atoms with Crippen molar-refractivity contribution in [2.24, 2.45) is 0 Å². The van der Waals surface area contributed by atoms with E-state index in [1.807, 2.05) is 36.4 Å². The van der Waals surface area contributed by atoms with E-state index < -0.39 is 17.8 Å². The first-order valence-corrected chi connectivity index (χ1v) is 9.90. The van der Waals surface area contributed by atoms with Crippen LogP contribution in [-0.2, 0) is 22.3 Å². The molecule has 0 spiro atoms. The van der Waals surface area contributed by atoms with Crippen LogP contribution in [0.1, 0.15) is 23.1 Å². The number of morpholine rings is 1. The van der Waals surface area contributed by atoms with E-state index in [0.717, 1.165) is 17.2 Å². The molecule has 0 radical (unpaired) electrons. The highest BCUT2D eigenvalue weighted by Crippen LogP contribution is 2.40. The summed E-state index contributed by atoms with van der Waals surface area (Å²) in [5.41, 5.74) is 1.57. The molecule has 0 aromatic heterocycles. The van der Waals surface area contributed by atoms with Crippen molar-refractivity contribution in [3.63, 3.8) is 0 Å². The number of hydrogen-bond acceptors (Lipinski definition) is 4. The number of methoxy groups -OCH3 is 1. The minimum Gasteiger partial charge on any atom is -0.496 e. The molecule has 4 rings (SSSR count). The summed E-state index contributed by atoms with van der Waals surface area (Å²) in [4.78, 5) is 14.4. The van der Waals surface area contributed by atoms with E-state index in [4.69, 9.17) is 14.2 Å². The first-order chi connectivity index (χ1) is 14.9. The van der Waals surface area contributed by atoms with E-state index in [1.54, 1.807) is 4.90 Å². The van der Waals surface area contributed by atoms with Crippen molar-refractivity contribution in [3.8, 4) is 5.75 Å². The third kappa shape index (κ3) is 4.54. The summed E-state index contributed by atoms with van der Waals surface area (Å²) in [6.45, 7) is 0.813. The van der Waals surface area contributed by atoms with Gasteiger partial charge in [0.1, 0.15) is 12.4 Å². The molecular weight excluding hydrogens is 411 g/mol. The lowest BCUT2D eigenvalue weighted by Crippen LogP contribution is -2.56. The molecule has 2 aromatic rings. The molecule has 2 unspecified atom stereocenters. The molecular formula is C23H22F3NO4. The van der Waals surface area contributed by atoms with E-state index in [0.29, 0.717) is 25.2 Å². The second kappa shape index (κ2) is 8.63. The first-order valence-electron chi connectivity index (χ1n) is 9.90. The zero-order valence-corrected chi connectivity index (χ0v) is 16.9. The summed E-state index contributed by atoms with van der Waals surface area (Å²) < 4.78 is 55.6. The van der Waals surface area contributed by atoms with Gasteiger partial charge in [-0.3, -0.25) is 4.90 Å². The summed E-state index contributed by atoms with van der Waals surface area (Å²) in [7, 11) is 1.22. The third-order valence-corrected chi connectivity index (χ3v) is 5.49. The molecule has 2 aromatic carbocycles. The highest BCUT2D eigenvalue weighted by atomic mass is 19.4. The van der Waals surface area contributed by atoms with Gasteiger partial charge >= 0.3 is 12.3 Å². The van der Waals surface area contributed by atoms with Crippen LogP contribution in [0.5, 0.6) is 5.75 Å². The summed E-state index contributed by atoms with van der Waals surface area (Å²) in [6, 6.07) is 12.7. The molecule has 0 N–H and O–H groups in total. The molecule has 31 heavy (non-hydrogen) atoms. The number of hydrogen-bond donors (Lipinski definition) is 0. The standard InChI is InChI=1S/C23H22F3NO4/c1-29-21-11-16(7-8-20(21)23(24,25)26)17-9-18-13-30-14-19(10-17)27(18)22(28)31-12-15-5-3-2-4-6-15/h2-9,11,18-19H,10,12-14H2,1H3. The number of fused-ring (bicyclic) bond motifs is 2. The van der Waals surface area contributed by atoms with Crippen LogP contribution in [0.3, 0.4) is 0 Å². The monoisotopic (exact) mass is 433 g/mol. The lowest BCUT2D eigenvalue weighted by molar-refractivity contribution is -0.138. The van der Waals surface area contributed by atoms with E-state index in [9.17, 15) is 18.0 Å². The molecule has 2 aliphatic heterocycles.